The maximum absolute atomic E-state index is 14.9. The van der Waals surface area contributed by atoms with Crippen LogP contribution in [0.5, 0.6) is 0 Å². The Morgan fingerprint density at radius 3 is 2.78 bits per heavy atom. The van der Waals surface area contributed by atoms with Crippen molar-refractivity contribution in [2.45, 2.75) is 37.3 Å². The van der Waals surface area contributed by atoms with Gasteiger partial charge in [-0.05, 0) is 34.9 Å². The van der Waals surface area contributed by atoms with Crippen LogP contribution in [0.1, 0.15) is 35.4 Å². The van der Waals surface area contributed by atoms with Gasteiger partial charge in [-0.3, -0.25) is 9.47 Å². The molecule has 0 bridgehead atoms. The second kappa shape index (κ2) is 7.95. The van der Waals surface area contributed by atoms with Gasteiger partial charge in [-0.2, -0.15) is 4.98 Å². The Hall–Kier alpha value is -2.81. The zero-order chi connectivity index (χ0) is 22.5. The van der Waals surface area contributed by atoms with Crippen molar-refractivity contribution in [3.05, 3.63) is 93.0 Å². The number of hydrogen-bond donors (Lipinski definition) is 1. The highest BCUT2D eigenvalue weighted by Gasteiger charge is 2.52. The van der Waals surface area contributed by atoms with Gasteiger partial charge >= 0.3 is 5.69 Å². The fraction of sp³-hybridized carbons (Fsp3) is 0.304. The Bertz CT molecular complexity index is 1220. The van der Waals surface area contributed by atoms with Gasteiger partial charge in [-0.1, -0.05) is 48.0 Å². The molecule has 6 nitrogen and oxygen atoms in total. The standard InChI is InChI=1S/C23H21ClF2N4O2/c24-16-6-3-5-14(10-16)20-18-7-2-1-4-15(18)12-29(20)13-17-11-23(25,26)21(32-17)30-9-8-19(27)28-22(30)31/h1-10,17,20-21H,11-13H2,(H2,27,28,31)/t17-,20?,21+/m0/s1. The van der Waals surface area contributed by atoms with Crippen molar-refractivity contribution >= 4 is 17.4 Å². The average molecular weight is 459 g/mol. The molecule has 3 atom stereocenters. The van der Waals surface area contributed by atoms with E-state index in [0.717, 1.165) is 21.3 Å². The van der Waals surface area contributed by atoms with Crippen LogP contribution in [-0.2, 0) is 11.3 Å². The Kier molecular flexibility index (Phi) is 5.23. The average Bonchev–Trinajstić information content (AvgIpc) is 3.24. The van der Waals surface area contributed by atoms with Gasteiger partial charge in [0.15, 0.2) is 0 Å². The summed E-state index contributed by atoms with van der Waals surface area (Å²) in [6.45, 7) is 0.877. The van der Waals surface area contributed by atoms with E-state index in [9.17, 15) is 13.6 Å². The number of rotatable bonds is 4. The second-order valence-corrected chi connectivity index (χ2v) is 8.64. The molecule has 0 radical (unpaired) electrons. The van der Waals surface area contributed by atoms with E-state index >= 15 is 0 Å². The first-order chi connectivity index (χ1) is 15.3. The number of alkyl halides is 2. The topological polar surface area (TPSA) is 73.4 Å². The third kappa shape index (κ3) is 3.79. The summed E-state index contributed by atoms with van der Waals surface area (Å²) < 4.78 is 36.2. The number of ether oxygens (including phenoxy) is 1. The van der Waals surface area contributed by atoms with E-state index in [0.29, 0.717) is 11.6 Å². The smallest absolute Gasteiger partial charge is 0.351 e. The number of benzene rings is 2. The van der Waals surface area contributed by atoms with Crippen LogP contribution in [0.2, 0.25) is 5.02 Å². The monoisotopic (exact) mass is 458 g/mol. The lowest BCUT2D eigenvalue weighted by Gasteiger charge is -2.28. The Labute approximate surface area is 188 Å². The van der Waals surface area contributed by atoms with Gasteiger partial charge in [-0.15, -0.1) is 0 Å². The minimum absolute atomic E-state index is 0.0247. The highest BCUT2D eigenvalue weighted by molar-refractivity contribution is 6.30. The number of aromatic nitrogens is 2. The van der Waals surface area contributed by atoms with Crippen LogP contribution in [0.15, 0.2) is 65.6 Å². The third-order valence-electron chi connectivity index (χ3n) is 5.98. The summed E-state index contributed by atoms with van der Waals surface area (Å²) in [4.78, 5) is 17.8. The molecular formula is C23H21ClF2N4O2. The van der Waals surface area contributed by atoms with Crippen molar-refractivity contribution in [1.82, 2.24) is 14.5 Å². The number of halogens is 3. The van der Waals surface area contributed by atoms with Crippen molar-refractivity contribution in [3.63, 3.8) is 0 Å². The zero-order valence-electron chi connectivity index (χ0n) is 17.0. The van der Waals surface area contributed by atoms with Crippen LogP contribution in [0.4, 0.5) is 14.6 Å². The van der Waals surface area contributed by atoms with Crippen molar-refractivity contribution in [3.8, 4) is 0 Å². The SMILES string of the molecule is Nc1ccn([C@@H]2O[C@H](CN3Cc4ccccc4C3c3cccc(Cl)c3)CC2(F)F)c(=O)n1. The van der Waals surface area contributed by atoms with E-state index < -0.39 is 30.4 Å². The number of hydrogen-bond acceptors (Lipinski definition) is 5. The molecule has 2 aliphatic heterocycles. The minimum Gasteiger partial charge on any atom is -0.383 e. The van der Waals surface area contributed by atoms with Gasteiger partial charge in [-0.25, -0.2) is 13.6 Å². The van der Waals surface area contributed by atoms with Gasteiger partial charge in [0, 0.05) is 30.7 Å². The first kappa shape index (κ1) is 21.1. The lowest BCUT2D eigenvalue weighted by Crippen LogP contribution is -2.35. The Balaban J connectivity index is 1.42. The molecule has 3 heterocycles. The minimum atomic E-state index is -3.22. The number of nitrogens with zero attached hydrogens (tertiary/aromatic N) is 3. The van der Waals surface area contributed by atoms with Crippen LogP contribution in [0, 0.1) is 0 Å². The molecule has 5 rings (SSSR count). The molecule has 166 valence electrons. The maximum Gasteiger partial charge on any atom is 0.351 e. The molecule has 0 spiro atoms. The predicted molar refractivity (Wildman–Crippen MR) is 117 cm³/mol. The predicted octanol–water partition coefficient (Wildman–Crippen LogP) is 4.01. The summed E-state index contributed by atoms with van der Waals surface area (Å²) >= 11 is 6.23. The molecule has 0 saturated carbocycles. The molecule has 9 heteroatoms. The van der Waals surface area contributed by atoms with Crippen LogP contribution in [-0.4, -0.2) is 33.0 Å². The van der Waals surface area contributed by atoms with Crippen LogP contribution in [0.3, 0.4) is 0 Å². The first-order valence-corrected chi connectivity index (χ1v) is 10.6. The summed E-state index contributed by atoms with van der Waals surface area (Å²) in [5, 5.41) is 0.616. The molecule has 2 N–H and O–H groups in total. The third-order valence-corrected chi connectivity index (χ3v) is 6.21. The van der Waals surface area contributed by atoms with E-state index in [4.69, 9.17) is 22.1 Å². The van der Waals surface area contributed by atoms with Crippen LogP contribution in [0.25, 0.3) is 0 Å². The highest BCUT2D eigenvalue weighted by Crippen LogP contribution is 2.45. The summed E-state index contributed by atoms with van der Waals surface area (Å²) in [5.74, 6) is -3.24. The first-order valence-electron chi connectivity index (χ1n) is 10.3. The largest absolute Gasteiger partial charge is 0.383 e. The number of fused-ring (bicyclic) bond motifs is 1. The zero-order valence-corrected chi connectivity index (χ0v) is 17.8. The van der Waals surface area contributed by atoms with Gasteiger partial charge in [0.05, 0.1) is 12.1 Å². The van der Waals surface area contributed by atoms with E-state index in [-0.39, 0.29) is 18.4 Å². The molecule has 1 fully saturated rings. The van der Waals surface area contributed by atoms with Crippen LogP contribution >= 0.6 is 11.6 Å². The molecule has 3 aromatic rings. The van der Waals surface area contributed by atoms with Crippen molar-refractivity contribution < 1.29 is 13.5 Å². The molecule has 1 unspecified atom stereocenters. The van der Waals surface area contributed by atoms with Crippen molar-refractivity contribution in [1.29, 1.82) is 0 Å². The number of nitrogens with two attached hydrogens (primary N) is 1. The fourth-order valence-electron chi connectivity index (χ4n) is 4.67. The molecule has 32 heavy (non-hydrogen) atoms. The molecule has 0 amide bonds. The lowest BCUT2D eigenvalue weighted by atomic mass is 9.98. The van der Waals surface area contributed by atoms with E-state index in [1.165, 1.54) is 12.3 Å². The highest BCUT2D eigenvalue weighted by atomic mass is 35.5. The van der Waals surface area contributed by atoms with Gasteiger partial charge < -0.3 is 10.5 Å². The molecule has 2 aliphatic rings. The number of anilines is 1. The Morgan fingerprint density at radius 1 is 1.19 bits per heavy atom. The summed E-state index contributed by atoms with van der Waals surface area (Å²) in [5.41, 5.74) is 7.87. The molecular weight excluding hydrogens is 438 g/mol. The van der Waals surface area contributed by atoms with Gasteiger partial charge in [0.1, 0.15) is 5.82 Å². The van der Waals surface area contributed by atoms with Crippen molar-refractivity contribution in [2.75, 3.05) is 12.3 Å². The normalized spacial score (nSPS) is 24.5. The fourth-order valence-corrected chi connectivity index (χ4v) is 4.86. The van der Waals surface area contributed by atoms with Crippen molar-refractivity contribution in [2.24, 2.45) is 0 Å². The van der Waals surface area contributed by atoms with Gasteiger partial charge in [0.25, 0.3) is 5.92 Å². The molecule has 2 aromatic carbocycles. The summed E-state index contributed by atoms with van der Waals surface area (Å²) in [6, 6.07) is 16.8. The summed E-state index contributed by atoms with van der Waals surface area (Å²) in [6.07, 6.45) is -1.78. The summed E-state index contributed by atoms with van der Waals surface area (Å²) in [7, 11) is 0. The van der Waals surface area contributed by atoms with E-state index in [1.807, 2.05) is 42.5 Å². The van der Waals surface area contributed by atoms with E-state index in [2.05, 4.69) is 9.88 Å². The molecule has 1 aromatic heterocycles. The second-order valence-electron chi connectivity index (χ2n) is 8.20. The lowest BCUT2D eigenvalue weighted by molar-refractivity contribution is -0.119. The molecule has 0 aliphatic carbocycles. The number of nitrogen functional groups attached to an aromatic ring is 1. The maximum atomic E-state index is 14.9. The van der Waals surface area contributed by atoms with E-state index in [1.54, 1.807) is 6.07 Å². The van der Waals surface area contributed by atoms with Crippen LogP contribution < -0.4 is 11.4 Å². The van der Waals surface area contributed by atoms with Gasteiger partial charge in [0.2, 0.25) is 6.23 Å². The quantitative estimate of drug-likeness (QED) is 0.639. The molecule has 1 saturated heterocycles. The Morgan fingerprint density at radius 2 is 2.00 bits per heavy atom.